The summed E-state index contributed by atoms with van der Waals surface area (Å²) in [4.78, 5) is 16.6. The Bertz CT molecular complexity index is 832. The molecule has 2 aromatic rings. The number of benzene rings is 2. The zero-order chi connectivity index (χ0) is 20.5. The van der Waals surface area contributed by atoms with Crippen molar-refractivity contribution in [1.82, 2.24) is 16.0 Å². The molecule has 3 rings (SSSR count). The first-order valence-corrected chi connectivity index (χ1v) is 10.6. The monoisotopic (exact) mass is 520 g/mol. The fourth-order valence-electron chi connectivity index (χ4n) is 4.13. The summed E-state index contributed by atoms with van der Waals surface area (Å²) < 4.78 is 0. The van der Waals surface area contributed by atoms with Crippen LogP contribution >= 0.6 is 24.0 Å². The van der Waals surface area contributed by atoms with Crippen molar-refractivity contribution >= 4 is 35.8 Å². The molecule has 0 spiro atoms. The third-order valence-corrected chi connectivity index (χ3v) is 5.72. The van der Waals surface area contributed by atoms with Crippen LogP contribution in [0.4, 0.5) is 0 Å². The van der Waals surface area contributed by atoms with Crippen LogP contribution in [-0.4, -0.2) is 32.0 Å². The Kier molecular flexibility index (Phi) is 9.62. The maximum Gasteiger partial charge on any atom is 0.251 e. The Morgan fingerprint density at radius 3 is 2.43 bits per heavy atom. The van der Waals surface area contributed by atoms with E-state index in [1.807, 2.05) is 24.3 Å². The standard InChI is InChI=1S/C24H32N4O.HI/c1-3-26-23(27-17-19-10-9-11-20(16-19)22(29)25-2)28-18-24(14-7-8-15-24)21-12-5-4-6-13-21;/h4-6,9-13,16H,3,7-8,14-15,17-18H2,1-2H3,(H,25,29)(H2,26,27,28);1H. The van der Waals surface area contributed by atoms with E-state index in [4.69, 9.17) is 4.99 Å². The van der Waals surface area contributed by atoms with Gasteiger partial charge in [-0.2, -0.15) is 0 Å². The first-order chi connectivity index (χ1) is 14.2. The molecule has 1 amide bonds. The quantitative estimate of drug-likeness (QED) is 0.291. The lowest BCUT2D eigenvalue weighted by atomic mass is 9.79. The summed E-state index contributed by atoms with van der Waals surface area (Å²) in [6, 6.07) is 18.5. The Balaban J connectivity index is 0.00000320. The molecule has 0 heterocycles. The maximum absolute atomic E-state index is 11.9. The molecule has 0 bridgehead atoms. The molecule has 1 aliphatic carbocycles. The molecule has 6 heteroatoms. The van der Waals surface area contributed by atoms with E-state index in [0.717, 1.165) is 24.6 Å². The van der Waals surface area contributed by atoms with E-state index in [9.17, 15) is 4.79 Å². The lowest BCUT2D eigenvalue weighted by Gasteiger charge is -2.30. The van der Waals surface area contributed by atoms with Gasteiger partial charge in [-0.1, -0.05) is 55.3 Å². The largest absolute Gasteiger partial charge is 0.357 e. The summed E-state index contributed by atoms with van der Waals surface area (Å²) in [6.45, 7) is 4.29. The summed E-state index contributed by atoms with van der Waals surface area (Å²) in [6.07, 6.45) is 4.96. The Morgan fingerprint density at radius 1 is 1.03 bits per heavy atom. The lowest BCUT2D eigenvalue weighted by molar-refractivity contribution is 0.0963. The lowest BCUT2D eigenvalue weighted by Crippen LogP contribution is -2.44. The Labute approximate surface area is 197 Å². The highest BCUT2D eigenvalue weighted by atomic mass is 127. The van der Waals surface area contributed by atoms with Crippen LogP contribution in [0.2, 0.25) is 0 Å². The normalized spacial score (nSPS) is 15.2. The van der Waals surface area contributed by atoms with Crippen LogP contribution in [0.5, 0.6) is 0 Å². The van der Waals surface area contributed by atoms with Gasteiger partial charge in [-0.05, 0) is 43.0 Å². The number of hydrogen-bond donors (Lipinski definition) is 3. The molecule has 0 saturated heterocycles. The minimum atomic E-state index is -0.0769. The van der Waals surface area contributed by atoms with Crippen LogP contribution in [0.25, 0.3) is 0 Å². The van der Waals surface area contributed by atoms with E-state index in [1.54, 1.807) is 7.05 Å². The van der Waals surface area contributed by atoms with Gasteiger partial charge in [-0.15, -0.1) is 24.0 Å². The highest BCUT2D eigenvalue weighted by Crippen LogP contribution is 2.40. The molecule has 3 N–H and O–H groups in total. The molecule has 0 radical (unpaired) electrons. The van der Waals surface area contributed by atoms with Gasteiger partial charge in [0.25, 0.3) is 5.91 Å². The molecule has 0 atom stereocenters. The van der Waals surface area contributed by atoms with Gasteiger partial charge in [0, 0.05) is 31.1 Å². The fraction of sp³-hybridized carbons (Fsp3) is 0.417. The van der Waals surface area contributed by atoms with Crippen molar-refractivity contribution in [2.75, 3.05) is 20.1 Å². The van der Waals surface area contributed by atoms with Gasteiger partial charge in [-0.3, -0.25) is 4.79 Å². The second-order valence-corrected chi connectivity index (χ2v) is 7.68. The Hall–Kier alpha value is -2.09. The molecular weight excluding hydrogens is 487 g/mol. The topological polar surface area (TPSA) is 65.5 Å². The zero-order valence-corrected chi connectivity index (χ0v) is 20.2. The molecule has 1 aliphatic rings. The van der Waals surface area contributed by atoms with E-state index >= 15 is 0 Å². The fourth-order valence-corrected chi connectivity index (χ4v) is 4.13. The zero-order valence-electron chi connectivity index (χ0n) is 17.9. The van der Waals surface area contributed by atoms with Gasteiger partial charge in [-0.25, -0.2) is 4.99 Å². The third-order valence-electron chi connectivity index (χ3n) is 5.72. The van der Waals surface area contributed by atoms with Gasteiger partial charge in [0.15, 0.2) is 5.96 Å². The number of aliphatic imine (C=N–C) groups is 1. The van der Waals surface area contributed by atoms with Crippen LogP contribution in [0.15, 0.2) is 59.6 Å². The molecule has 30 heavy (non-hydrogen) atoms. The molecular formula is C24H33IN4O. The minimum absolute atomic E-state index is 0. The number of nitrogens with zero attached hydrogens (tertiary/aromatic N) is 1. The van der Waals surface area contributed by atoms with Crippen LogP contribution < -0.4 is 16.0 Å². The average molecular weight is 520 g/mol. The molecule has 0 unspecified atom stereocenters. The summed E-state index contributed by atoms with van der Waals surface area (Å²) >= 11 is 0. The van der Waals surface area contributed by atoms with Crippen molar-refractivity contribution in [3.8, 4) is 0 Å². The highest BCUT2D eigenvalue weighted by molar-refractivity contribution is 14.0. The van der Waals surface area contributed by atoms with Crippen molar-refractivity contribution < 1.29 is 4.79 Å². The molecule has 162 valence electrons. The molecule has 5 nitrogen and oxygen atoms in total. The predicted octanol–water partition coefficient (Wildman–Crippen LogP) is 4.23. The number of carbonyl (C=O) groups excluding carboxylic acids is 1. The number of nitrogens with one attached hydrogen (secondary N) is 3. The average Bonchev–Trinajstić information content (AvgIpc) is 3.26. The molecule has 0 aliphatic heterocycles. The minimum Gasteiger partial charge on any atom is -0.357 e. The number of amides is 1. The SMILES string of the molecule is CCNC(=NCc1cccc(C(=O)NC)c1)NCC1(c2ccccc2)CCCC1.I. The second-order valence-electron chi connectivity index (χ2n) is 7.68. The molecule has 1 saturated carbocycles. The van der Waals surface area contributed by atoms with Crippen molar-refractivity contribution in [3.05, 3.63) is 71.3 Å². The third kappa shape index (κ3) is 6.20. The van der Waals surface area contributed by atoms with Crippen LogP contribution in [0.3, 0.4) is 0 Å². The summed E-state index contributed by atoms with van der Waals surface area (Å²) in [7, 11) is 1.64. The first kappa shape index (κ1) is 24.2. The van der Waals surface area contributed by atoms with Gasteiger partial charge in [0.2, 0.25) is 0 Å². The molecule has 0 aromatic heterocycles. The van der Waals surface area contributed by atoms with Crippen LogP contribution in [-0.2, 0) is 12.0 Å². The van der Waals surface area contributed by atoms with E-state index in [1.165, 1.54) is 31.2 Å². The molecule has 1 fully saturated rings. The summed E-state index contributed by atoms with van der Waals surface area (Å²) in [5.41, 5.74) is 3.27. The second kappa shape index (κ2) is 11.9. The van der Waals surface area contributed by atoms with Crippen molar-refractivity contribution in [2.24, 2.45) is 4.99 Å². The summed E-state index contributed by atoms with van der Waals surface area (Å²) in [5.74, 6) is 0.743. The number of rotatable bonds is 7. The molecule has 2 aromatic carbocycles. The maximum atomic E-state index is 11.9. The van der Waals surface area contributed by atoms with Gasteiger partial charge in [0.05, 0.1) is 6.54 Å². The van der Waals surface area contributed by atoms with Crippen LogP contribution in [0.1, 0.15) is 54.1 Å². The number of carbonyl (C=O) groups is 1. The number of guanidine groups is 1. The van der Waals surface area contributed by atoms with Crippen molar-refractivity contribution in [3.63, 3.8) is 0 Å². The van der Waals surface area contributed by atoms with Crippen molar-refractivity contribution in [1.29, 1.82) is 0 Å². The van der Waals surface area contributed by atoms with E-state index in [-0.39, 0.29) is 35.3 Å². The first-order valence-electron chi connectivity index (χ1n) is 10.6. The highest BCUT2D eigenvalue weighted by Gasteiger charge is 2.35. The van der Waals surface area contributed by atoms with Crippen LogP contribution in [0, 0.1) is 0 Å². The van der Waals surface area contributed by atoms with Gasteiger partial charge < -0.3 is 16.0 Å². The van der Waals surface area contributed by atoms with E-state index in [2.05, 4.69) is 53.2 Å². The van der Waals surface area contributed by atoms with Crippen molar-refractivity contribution in [2.45, 2.75) is 44.6 Å². The predicted molar refractivity (Wildman–Crippen MR) is 135 cm³/mol. The van der Waals surface area contributed by atoms with Gasteiger partial charge >= 0.3 is 0 Å². The van der Waals surface area contributed by atoms with Gasteiger partial charge in [0.1, 0.15) is 0 Å². The van der Waals surface area contributed by atoms with E-state index in [0.29, 0.717) is 12.1 Å². The summed E-state index contributed by atoms with van der Waals surface area (Å²) in [5, 5.41) is 9.60. The number of halogens is 1. The smallest absolute Gasteiger partial charge is 0.251 e. The van der Waals surface area contributed by atoms with E-state index < -0.39 is 0 Å². The Morgan fingerprint density at radius 2 is 1.77 bits per heavy atom. The number of hydrogen-bond acceptors (Lipinski definition) is 2.